The van der Waals surface area contributed by atoms with Gasteiger partial charge in [0.05, 0.1) is 16.8 Å². The van der Waals surface area contributed by atoms with Gasteiger partial charge in [-0.05, 0) is 62.7 Å². The molecule has 0 bridgehead atoms. The van der Waals surface area contributed by atoms with Gasteiger partial charge in [0.15, 0.2) is 6.10 Å². The minimum atomic E-state index is -0.984. The number of benzene rings is 2. The highest BCUT2D eigenvalue weighted by atomic mass is 16.5. The van der Waals surface area contributed by atoms with Crippen molar-refractivity contribution in [2.75, 3.05) is 18.4 Å². The molecule has 29 heavy (non-hydrogen) atoms. The van der Waals surface area contributed by atoms with Crippen LogP contribution in [0.15, 0.2) is 48.5 Å². The number of hydrogen-bond donors (Lipinski definition) is 1. The van der Waals surface area contributed by atoms with Crippen molar-refractivity contribution in [2.24, 2.45) is 0 Å². The van der Waals surface area contributed by atoms with Gasteiger partial charge in [-0.3, -0.25) is 9.69 Å². The maximum atomic E-state index is 12.4. The Kier molecular flexibility index (Phi) is 6.99. The Labute approximate surface area is 171 Å². The second-order valence-corrected chi connectivity index (χ2v) is 7.23. The zero-order valence-electron chi connectivity index (χ0n) is 16.6. The normalized spacial score (nSPS) is 15.2. The number of rotatable bonds is 6. The van der Waals surface area contributed by atoms with Crippen LogP contribution < -0.4 is 5.32 Å². The molecule has 2 aromatic rings. The number of hydrogen-bond acceptors (Lipinski definition) is 5. The Morgan fingerprint density at radius 3 is 2.48 bits per heavy atom. The second-order valence-electron chi connectivity index (χ2n) is 7.23. The lowest BCUT2D eigenvalue weighted by Crippen LogP contribution is -2.30. The largest absolute Gasteiger partial charge is 0.449 e. The highest BCUT2D eigenvalue weighted by Gasteiger charge is 2.20. The van der Waals surface area contributed by atoms with E-state index >= 15 is 0 Å². The van der Waals surface area contributed by atoms with Crippen LogP contribution in [0.3, 0.4) is 0 Å². The van der Waals surface area contributed by atoms with E-state index in [-0.39, 0.29) is 0 Å². The number of ether oxygens (including phenoxy) is 1. The van der Waals surface area contributed by atoms with Gasteiger partial charge in [0.2, 0.25) is 0 Å². The third kappa shape index (κ3) is 5.66. The molecule has 2 aromatic carbocycles. The van der Waals surface area contributed by atoms with E-state index in [1.807, 2.05) is 18.2 Å². The fourth-order valence-corrected chi connectivity index (χ4v) is 3.33. The monoisotopic (exact) mass is 391 g/mol. The topological polar surface area (TPSA) is 82.4 Å². The molecule has 0 saturated carbocycles. The molecule has 6 nitrogen and oxygen atoms in total. The summed E-state index contributed by atoms with van der Waals surface area (Å²) in [5.74, 6) is -1.03. The first-order valence-electron chi connectivity index (χ1n) is 9.89. The summed E-state index contributed by atoms with van der Waals surface area (Å²) >= 11 is 0. The predicted molar refractivity (Wildman–Crippen MR) is 110 cm³/mol. The number of carbonyl (C=O) groups excluding carboxylic acids is 2. The first kappa shape index (κ1) is 20.6. The van der Waals surface area contributed by atoms with E-state index in [9.17, 15) is 9.59 Å². The molecule has 150 valence electrons. The molecule has 0 aliphatic carbocycles. The maximum absolute atomic E-state index is 12.4. The van der Waals surface area contributed by atoms with Gasteiger partial charge in [0, 0.05) is 6.54 Å². The summed E-state index contributed by atoms with van der Waals surface area (Å²) in [4.78, 5) is 27.1. The van der Waals surface area contributed by atoms with Crippen LogP contribution in [0.25, 0.3) is 0 Å². The van der Waals surface area contributed by atoms with Crippen molar-refractivity contribution in [3.8, 4) is 6.07 Å². The number of nitriles is 1. The number of nitrogens with zero attached hydrogens (tertiary/aromatic N) is 2. The molecule has 1 fully saturated rings. The van der Waals surface area contributed by atoms with Crippen LogP contribution >= 0.6 is 0 Å². The van der Waals surface area contributed by atoms with Crippen LogP contribution in [0.1, 0.15) is 47.7 Å². The van der Waals surface area contributed by atoms with E-state index in [2.05, 4.69) is 10.2 Å². The Morgan fingerprint density at radius 2 is 1.79 bits per heavy atom. The summed E-state index contributed by atoms with van der Waals surface area (Å²) in [5, 5.41) is 11.7. The third-order valence-corrected chi connectivity index (χ3v) is 5.00. The van der Waals surface area contributed by atoms with Crippen LogP contribution in [-0.4, -0.2) is 36.0 Å². The van der Waals surface area contributed by atoms with Gasteiger partial charge in [0.25, 0.3) is 5.91 Å². The Balaban J connectivity index is 1.54. The van der Waals surface area contributed by atoms with Gasteiger partial charge in [-0.15, -0.1) is 0 Å². The van der Waals surface area contributed by atoms with Crippen LogP contribution in [0.5, 0.6) is 0 Å². The summed E-state index contributed by atoms with van der Waals surface area (Å²) < 4.78 is 5.29. The van der Waals surface area contributed by atoms with E-state index in [1.54, 1.807) is 36.4 Å². The fraction of sp³-hybridized carbons (Fsp3) is 0.348. The first-order chi connectivity index (χ1) is 14.1. The van der Waals surface area contributed by atoms with Gasteiger partial charge in [-0.1, -0.05) is 30.7 Å². The van der Waals surface area contributed by atoms with Crippen molar-refractivity contribution in [1.82, 2.24) is 4.90 Å². The molecule has 1 N–H and O–H groups in total. The van der Waals surface area contributed by atoms with Crippen molar-refractivity contribution < 1.29 is 14.3 Å². The quantitative estimate of drug-likeness (QED) is 0.759. The standard InChI is InChI=1S/C23H25N3O3/c1-17(22(27)25-21-8-4-3-7-20(21)15-24)29-23(28)19-11-9-18(10-12-19)16-26-13-5-2-6-14-26/h3-4,7-12,17H,2,5-6,13-14,16H2,1H3,(H,25,27)/t17-/m0/s1. The molecule has 0 radical (unpaired) electrons. The summed E-state index contributed by atoms with van der Waals surface area (Å²) in [6, 6.07) is 16.0. The molecular weight excluding hydrogens is 366 g/mol. The first-order valence-corrected chi connectivity index (χ1v) is 9.89. The van der Waals surface area contributed by atoms with Gasteiger partial charge < -0.3 is 10.1 Å². The number of anilines is 1. The zero-order valence-corrected chi connectivity index (χ0v) is 16.6. The van der Waals surface area contributed by atoms with Crippen molar-refractivity contribution in [3.05, 3.63) is 65.2 Å². The molecular formula is C23H25N3O3. The van der Waals surface area contributed by atoms with E-state index in [1.165, 1.54) is 26.2 Å². The predicted octanol–water partition coefficient (Wildman–Crippen LogP) is 3.73. The Morgan fingerprint density at radius 1 is 1.10 bits per heavy atom. The lowest BCUT2D eigenvalue weighted by atomic mass is 10.1. The summed E-state index contributed by atoms with van der Waals surface area (Å²) in [5.41, 5.74) is 2.31. The molecule has 3 rings (SSSR count). The molecule has 0 spiro atoms. The summed E-state index contributed by atoms with van der Waals surface area (Å²) in [7, 11) is 0. The van der Waals surface area contributed by atoms with E-state index in [4.69, 9.17) is 10.00 Å². The van der Waals surface area contributed by atoms with E-state index < -0.39 is 18.0 Å². The van der Waals surface area contributed by atoms with Crippen LogP contribution in [0, 0.1) is 11.3 Å². The van der Waals surface area contributed by atoms with Crippen LogP contribution in [-0.2, 0) is 16.1 Å². The average molecular weight is 391 g/mol. The smallest absolute Gasteiger partial charge is 0.338 e. The number of nitrogens with one attached hydrogen (secondary N) is 1. The highest BCUT2D eigenvalue weighted by Crippen LogP contribution is 2.16. The van der Waals surface area contributed by atoms with Gasteiger partial charge in [-0.2, -0.15) is 5.26 Å². The fourth-order valence-electron chi connectivity index (χ4n) is 3.33. The van der Waals surface area contributed by atoms with Crippen LogP contribution in [0.2, 0.25) is 0 Å². The Hall–Kier alpha value is -3.17. The highest BCUT2D eigenvalue weighted by molar-refractivity contribution is 5.98. The number of carbonyl (C=O) groups is 2. The molecule has 0 aromatic heterocycles. The molecule has 1 aliphatic rings. The number of esters is 1. The maximum Gasteiger partial charge on any atom is 0.338 e. The molecule has 1 heterocycles. The number of piperidine rings is 1. The van der Waals surface area contributed by atoms with E-state index in [0.717, 1.165) is 25.2 Å². The van der Waals surface area contributed by atoms with Crippen molar-refractivity contribution in [1.29, 1.82) is 5.26 Å². The van der Waals surface area contributed by atoms with Crippen LogP contribution in [0.4, 0.5) is 5.69 Å². The summed E-state index contributed by atoms with van der Waals surface area (Å²) in [6.07, 6.45) is 2.80. The number of para-hydroxylation sites is 1. The van der Waals surface area contributed by atoms with Gasteiger partial charge in [0.1, 0.15) is 6.07 Å². The summed E-state index contributed by atoms with van der Waals surface area (Å²) in [6.45, 7) is 4.62. The zero-order chi connectivity index (χ0) is 20.6. The van der Waals surface area contributed by atoms with Gasteiger partial charge >= 0.3 is 5.97 Å². The van der Waals surface area contributed by atoms with Crippen molar-refractivity contribution in [3.63, 3.8) is 0 Å². The minimum absolute atomic E-state index is 0.351. The van der Waals surface area contributed by atoms with Crippen molar-refractivity contribution in [2.45, 2.75) is 38.8 Å². The molecule has 1 saturated heterocycles. The molecule has 6 heteroatoms. The van der Waals surface area contributed by atoms with Crippen molar-refractivity contribution >= 4 is 17.6 Å². The minimum Gasteiger partial charge on any atom is -0.449 e. The lowest BCUT2D eigenvalue weighted by molar-refractivity contribution is -0.123. The molecule has 1 aliphatic heterocycles. The number of likely N-dealkylation sites (tertiary alicyclic amines) is 1. The average Bonchev–Trinajstić information content (AvgIpc) is 2.75. The van der Waals surface area contributed by atoms with Gasteiger partial charge in [-0.25, -0.2) is 4.79 Å². The lowest BCUT2D eigenvalue weighted by Gasteiger charge is -2.26. The Bertz CT molecular complexity index is 896. The van der Waals surface area contributed by atoms with E-state index in [0.29, 0.717) is 16.8 Å². The SMILES string of the molecule is C[C@H](OC(=O)c1ccc(CN2CCCCC2)cc1)C(=O)Nc1ccccc1C#N. The molecule has 1 amide bonds. The number of amides is 1. The second kappa shape index (κ2) is 9.85. The molecule has 0 unspecified atom stereocenters. The third-order valence-electron chi connectivity index (χ3n) is 5.00. The molecule has 1 atom stereocenters.